The van der Waals surface area contributed by atoms with E-state index in [1.54, 1.807) is 0 Å². The molecule has 2 unspecified atom stereocenters. The molecule has 80 valence electrons. The van der Waals surface area contributed by atoms with Crippen molar-refractivity contribution >= 4 is 23.1 Å². The molecule has 0 aromatic carbocycles. The lowest BCUT2D eigenvalue weighted by atomic mass is 10.1. The number of rotatable bonds is 3. The molecule has 14 heavy (non-hydrogen) atoms. The van der Waals surface area contributed by atoms with E-state index in [-0.39, 0.29) is 18.0 Å². The number of thiocarbonyl (C=S) groups is 1. The van der Waals surface area contributed by atoms with E-state index in [4.69, 9.17) is 18.0 Å². The molecule has 1 fully saturated rings. The van der Waals surface area contributed by atoms with Gasteiger partial charge in [0.25, 0.3) is 0 Å². The first-order valence-corrected chi connectivity index (χ1v) is 5.31. The maximum Gasteiger partial charge on any atom is 0.237 e. The fraction of sp³-hybridized carbons (Fsp3) is 0.778. The summed E-state index contributed by atoms with van der Waals surface area (Å²) in [5.74, 6) is 0.0850. The molecule has 5 heteroatoms. The van der Waals surface area contributed by atoms with E-state index in [2.05, 4.69) is 10.2 Å². The van der Waals surface area contributed by atoms with Crippen LogP contribution in [-0.4, -0.2) is 41.0 Å². The highest BCUT2D eigenvalue weighted by atomic mass is 32.1. The number of hydrogen-bond acceptors (Lipinski definition) is 3. The number of hydrogen-bond donors (Lipinski definition) is 2. The zero-order valence-electron chi connectivity index (χ0n) is 8.62. The third-order valence-corrected chi connectivity index (χ3v) is 3.01. The minimum Gasteiger partial charge on any atom is -0.392 e. The van der Waals surface area contributed by atoms with Crippen molar-refractivity contribution in [1.82, 2.24) is 10.2 Å². The predicted molar refractivity (Wildman–Crippen MR) is 60.0 cm³/mol. The zero-order chi connectivity index (χ0) is 10.7. The third kappa shape index (κ3) is 2.22. The summed E-state index contributed by atoms with van der Waals surface area (Å²) in [6.07, 6.45) is 0.790. The first-order valence-electron chi connectivity index (χ1n) is 4.90. The van der Waals surface area contributed by atoms with Crippen LogP contribution in [0.4, 0.5) is 0 Å². The van der Waals surface area contributed by atoms with Gasteiger partial charge in [-0.2, -0.15) is 0 Å². The molecule has 1 amide bonds. The van der Waals surface area contributed by atoms with Gasteiger partial charge in [0, 0.05) is 13.1 Å². The van der Waals surface area contributed by atoms with Crippen LogP contribution in [0.3, 0.4) is 0 Å². The summed E-state index contributed by atoms with van der Waals surface area (Å²) >= 11 is 4.94. The average molecular weight is 215 g/mol. The molecule has 1 heterocycles. The lowest BCUT2D eigenvalue weighted by molar-refractivity contribution is -0.129. The van der Waals surface area contributed by atoms with Crippen LogP contribution in [-0.2, 0) is 4.79 Å². The molecule has 4 nitrogen and oxygen atoms in total. The van der Waals surface area contributed by atoms with Gasteiger partial charge in [0.05, 0.1) is 17.1 Å². The molecule has 0 aromatic heterocycles. The largest absolute Gasteiger partial charge is 0.392 e. The predicted octanol–water partition coefficient (Wildman–Crippen LogP) is -0.129. The van der Waals surface area contributed by atoms with Crippen LogP contribution in [0.15, 0.2) is 0 Å². The molecule has 0 aliphatic carbocycles. The van der Waals surface area contributed by atoms with Gasteiger partial charge >= 0.3 is 0 Å². The molecular weight excluding hydrogens is 198 g/mol. The Kier molecular flexibility index (Phi) is 3.83. The van der Waals surface area contributed by atoms with Gasteiger partial charge in [0.1, 0.15) is 0 Å². The van der Waals surface area contributed by atoms with Crippen molar-refractivity contribution in [2.75, 3.05) is 13.1 Å². The summed E-state index contributed by atoms with van der Waals surface area (Å²) in [4.78, 5) is 14.1. The molecule has 1 aliphatic heterocycles. The summed E-state index contributed by atoms with van der Waals surface area (Å²) in [5, 5.41) is 2.84. The number of nitrogens with two attached hydrogens (primary N) is 1. The number of amides is 1. The first kappa shape index (κ1) is 11.4. The normalized spacial score (nSPS) is 25.6. The Labute approximate surface area is 89.8 Å². The van der Waals surface area contributed by atoms with Crippen LogP contribution in [0, 0.1) is 0 Å². The summed E-state index contributed by atoms with van der Waals surface area (Å²) in [6.45, 7) is 5.45. The molecule has 0 radical (unpaired) electrons. The molecule has 0 aromatic rings. The average Bonchev–Trinajstić information content (AvgIpc) is 2.16. The third-order valence-electron chi connectivity index (χ3n) is 2.67. The van der Waals surface area contributed by atoms with Crippen LogP contribution in [0.2, 0.25) is 0 Å². The molecule has 3 N–H and O–H groups in total. The minimum atomic E-state index is -0.0831. The standard InChI is InChI=1S/C9H17N3OS/c1-3-7-9(13)11-4-5-12(7)6(2)8(10)14/h6-7H,3-5H2,1-2H3,(H2,10,14)(H,11,13). The van der Waals surface area contributed by atoms with Gasteiger partial charge in [-0.05, 0) is 13.3 Å². The van der Waals surface area contributed by atoms with Crippen molar-refractivity contribution in [2.45, 2.75) is 32.4 Å². The molecule has 0 saturated carbocycles. The van der Waals surface area contributed by atoms with E-state index < -0.39 is 0 Å². The SMILES string of the molecule is CCC1C(=O)NCCN1C(C)C(N)=S. The Bertz CT molecular complexity index is 244. The number of nitrogens with one attached hydrogen (secondary N) is 1. The van der Waals surface area contributed by atoms with E-state index >= 15 is 0 Å². The molecule has 0 spiro atoms. The van der Waals surface area contributed by atoms with Crippen molar-refractivity contribution in [3.8, 4) is 0 Å². The number of carbonyl (C=O) groups is 1. The molecular formula is C9H17N3OS. The summed E-state index contributed by atoms with van der Waals surface area (Å²) in [6, 6.07) is -0.0822. The molecule has 0 bridgehead atoms. The molecule has 2 atom stereocenters. The molecule has 1 rings (SSSR count). The quantitative estimate of drug-likeness (QED) is 0.644. The van der Waals surface area contributed by atoms with Gasteiger partial charge in [-0.1, -0.05) is 19.1 Å². The van der Waals surface area contributed by atoms with Gasteiger partial charge in [0.2, 0.25) is 5.91 Å². The van der Waals surface area contributed by atoms with Crippen molar-refractivity contribution < 1.29 is 4.79 Å². The smallest absolute Gasteiger partial charge is 0.237 e. The van der Waals surface area contributed by atoms with Crippen LogP contribution < -0.4 is 11.1 Å². The van der Waals surface area contributed by atoms with E-state index in [9.17, 15) is 4.79 Å². The second-order valence-electron chi connectivity index (χ2n) is 3.53. The van der Waals surface area contributed by atoms with Gasteiger partial charge in [-0.15, -0.1) is 0 Å². The van der Waals surface area contributed by atoms with E-state index in [0.29, 0.717) is 11.5 Å². The van der Waals surface area contributed by atoms with E-state index in [1.165, 1.54) is 0 Å². The Morgan fingerprint density at radius 3 is 3.00 bits per heavy atom. The van der Waals surface area contributed by atoms with Crippen LogP contribution >= 0.6 is 12.2 Å². The fourth-order valence-electron chi connectivity index (χ4n) is 1.78. The van der Waals surface area contributed by atoms with Crippen molar-refractivity contribution in [3.63, 3.8) is 0 Å². The lowest BCUT2D eigenvalue weighted by Crippen LogP contribution is -2.59. The Morgan fingerprint density at radius 1 is 1.86 bits per heavy atom. The highest BCUT2D eigenvalue weighted by Crippen LogP contribution is 2.12. The molecule has 1 saturated heterocycles. The molecule has 1 aliphatic rings. The van der Waals surface area contributed by atoms with Crippen molar-refractivity contribution in [3.05, 3.63) is 0 Å². The first-order chi connectivity index (χ1) is 6.57. The zero-order valence-corrected chi connectivity index (χ0v) is 9.43. The summed E-state index contributed by atoms with van der Waals surface area (Å²) in [5.41, 5.74) is 5.59. The number of carbonyl (C=O) groups excluding carboxylic acids is 1. The van der Waals surface area contributed by atoms with Gasteiger partial charge in [-0.3, -0.25) is 9.69 Å². The topological polar surface area (TPSA) is 58.4 Å². The minimum absolute atomic E-state index is 0.000926. The van der Waals surface area contributed by atoms with Crippen LogP contribution in [0.1, 0.15) is 20.3 Å². The maximum absolute atomic E-state index is 11.5. The van der Waals surface area contributed by atoms with E-state index in [1.807, 2.05) is 13.8 Å². The highest BCUT2D eigenvalue weighted by molar-refractivity contribution is 7.80. The van der Waals surface area contributed by atoms with Gasteiger partial charge in [0.15, 0.2) is 0 Å². The monoisotopic (exact) mass is 215 g/mol. The van der Waals surface area contributed by atoms with Crippen molar-refractivity contribution in [2.24, 2.45) is 5.73 Å². The van der Waals surface area contributed by atoms with E-state index in [0.717, 1.165) is 13.0 Å². The van der Waals surface area contributed by atoms with Gasteiger partial charge in [-0.25, -0.2) is 0 Å². The van der Waals surface area contributed by atoms with Crippen LogP contribution in [0.25, 0.3) is 0 Å². The lowest BCUT2D eigenvalue weighted by Gasteiger charge is -2.38. The highest BCUT2D eigenvalue weighted by Gasteiger charge is 2.31. The second kappa shape index (κ2) is 4.70. The Balaban J connectivity index is 2.74. The summed E-state index contributed by atoms with van der Waals surface area (Å²) < 4.78 is 0. The number of nitrogens with zero attached hydrogens (tertiary/aromatic N) is 1. The van der Waals surface area contributed by atoms with Gasteiger partial charge < -0.3 is 11.1 Å². The maximum atomic E-state index is 11.5. The second-order valence-corrected chi connectivity index (χ2v) is 4.00. The Morgan fingerprint density at radius 2 is 2.50 bits per heavy atom. The summed E-state index contributed by atoms with van der Waals surface area (Å²) in [7, 11) is 0. The Hall–Kier alpha value is -0.680. The number of piperazine rings is 1. The van der Waals surface area contributed by atoms with Crippen LogP contribution in [0.5, 0.6) is 0 Å². The fourth-order valence-corrected chi connectivity index (χ4v) is 1.91. The van der Waals surface area contributed by atoms with Crippen molar-refractivity contribution in [1.29, 1.82) is 0 Å².